The van der Waals surface area contributed by atoms with Crippen molar-refractivity contribution in [1.82, 2.24) is 10.2 Å². The number of nitrogens with one attached hydrogen (secondary N) is 1. The second kappa shape index (κ2) is 4.39. The second-order valence-corrected chi connectivity index (χ2v) is 5.40. The Labute approximate surface area is 108 Å². The van der Waals surface area contributed by atoms with Gasteiger partial charge in [0, 0.05) is 13.1 Å². The average Bonchev–Trinajstić information content (AvgIpc) is 2.39. The molecule has 1 aromatic carbocycles. The first kappa shape index (κ1) is 11.7. The van der Waals surface area contributed by atoms with Crippen LogP contribution in [-0.2, 0) is 16.8 Å². The summed E-state index contributed by atoms with van der Waals surface area (Å²) in [6.07, 6.45) is 2.60. The number of fused-ring (bicyclic) bond motifs is 2. The smallest absolute Gasteiger partial charge is 0.225 e. The van der Waals surface area contributed by atoms with Crippen LogP contribution < -0.4 is 5.32 Å². The van der Waals surface area contributed by atoms with Crippen molar-refractivity contribution >= 4 is 5.91 Å². The largest absolute Gasteiger partial charge is 0.346 e. The first-order chi connectivity index (χ1) is 8.73. The van der Waals surface area contributed by atoms with Gasteiger partial charge in [-0.3, -0.25) is 4.79 Å². The molecule has 2 aliphatic heterocycles. The third-order valence-electron chi connectivity index (χ3n) is 4.42. The van der Waals surface area contributed by atoms with Crippen LogP contribution >= 0.6 is 0 Å². The predicted molar refractivity (Wildman–Crippen MR) is 71.3 cm³/mol. The van der Waals surface area contributed by atoms with Crippen molar-refractivity contribution < 1.29 is 4.79 Å². The van der Waals surface area contributed by atoms with Crippen molar-refractivity contribution in [1.29, 1.82) is 0 Å². The molecule has 1 amide bonds. The highest BCUT2D eigenvalue weighted by molar-refractivity contribution is 5.82. The van der Waals surface area contributed by atoms with Gasteiger partial charge >= 0.3 is 0 Å². The molecule has 3 heteroatoms. The molecule has 3 nitrogen and oxygen atoms in total. The number of hydrogen-bond donors (Lipinski definition) is 1. The van der Waals surface area contributed by atoms with Gasteiger partial charge in [0.15, 0.2) is 0 Å². The molecule has 1 spiro atoms. The Hall–Kier alpha value is -1.35. The summed E-state index contributed by atoms with van der Waals surface area (Å²) in [5.74, 6) is 0.179. The van der Waals surface area contributed by atoms with E-state index in [0.717, 1.165) is 32.5 Å². The number of amides is 1. The molecular weight excluding hydrogens is 224 g/mol. The molecule has 0 bridgehead atoms. The topological polar surface area (TPSA) is 32.3 Å². The van der Waals surface area contributed by atoms with Gasteiger partial charge in [-0.25, -0.2) is 0 Å². The van der Waals surface area contributed by atoms with Gasteiger partial charge in [0.2, 0.25) is 5.91 Å². The Balaban J connectivity index is 1.95. The highest BCUT2D eigenvalue weighted by Crippen LogP contribution is 2.37. The molecule has 1 N–H and O–H groups in total. The Kier molecular flexibility index (Phi) is 2.86. The van der Waals surface area contributed by atoms with Crippen LogP contribution in [0.2, 0.25) is 0 Å². The molecule has 2 aliphatic rings. The molecule has 96 valence electrons. The fourth-order valence-electron chi connectivity index (χ4n) is 3.34. The molecule has 1 aromatic rings. The number of hydrogen-bond acceptors (Lipinski definition) is 2. The number of piperidine rings is 1. The number of carbonyl (C=O) groups excluding carboxylic acids is 1. The lowest BCUT2D eigenvalue weighted by Crippen LogP contribution is -2.56. The van der Waals surface area contributed by atoms with Crippen LogP contribution in [0, 0.1) is 0 Å². The minimum Gasteiger partial charge on any atom is -0.346 e. The standard InChI is InChI=1S/C15H20N2O/c1-2-17-9-7-15(8-10-17)13-6-4-3-5-12(13)11-14(18)16-15/h3-6H,2,7-11H2,1H3,(H,16,18). The third kappa shape index (κ3) is 1.83. The van der Waals surface area contributed by atoms with Crippen LogP contribution in [0.5, 0.6) is 0 Å². The average molecular weight is 244 g/mol. The Bertz CT molecular complexity index is 461. The lowest BCUT2D eigenvalue weighted by atomic mass is 9.75. The normalized spacial score (nSPS) is 22.6. The van der Waals surface area contributed by atoms with Gasteiger partial charge < -0.3 is 10.2 Å². The van der Waals surface area contributed by atoms with E-state index in [1.165, 1.54) is 11.1 Å². The van der Waals surface area contributed by atoms with Gasteiger partial charge in [-0.15, -0.1) is 0 Å². The lowest BCUT2D eigenvalue weighted by molar-refractivity contribution is -0.124. The fourth-order valence-corrected chi connectivity index (χ4v) is 3.34. The van der Waals surface area contributed by atoms with Gasteiger partial charge in [-0.1, -0.05) is 31.2 Å². The van der Waals surface area contributed by atoms with Gasteiger partial charge in [0.05, 0.1) is 12.0 Å². The number of carbonyl (C=O) groups is 1. The van der Waals surface area contributed by atoms with E-state index in [2.05, 4.69) is 35.3 Å². The van der Waals surface area contributed by atoms with Crippen LogP contribution in [0.1, 0.15) is 30.9 Å². The summed E-state index contributed by atoms with van der Waals surface area (Å²) in [6.45, 7) is 5.45. The van der Waals surface area contributed by atoms with Crippen molar-refractivity contribution in [2.45, 2.75) is 31.7 Å². The van der Waals surface area contributed by atoms with E-state index in [4.69, 9.17) is 0 Å². The molecule has 1 saturated heterocycles. The maximum atomic E-state index is 11.9. The van der Waals surface area contributed by atoms with Crippen LogP contribution in [0.3, 0.4) is 0 Å². The van der Waals surface area contributed by atoms with Crippen molar-refractivity contribution in [3.05, 3.63) is 35.4 Å². The summed E-state index contributed by atoms with van der Waals surface area (Å²) in [5.41, 5.74) is 2.46. The molecule has 0 atom stereocenters. The Morgan fingerprint density at radius 1 is 1.28 bits per heavy atom. The number of rotatable bonds is 1. The molecule has 1 fully saturated rings. The summed E-state index contributed by atoms with van der Waals surface area (Å²) in [4.78, 5) is 14.4. The molecule has 0 aromatic heterocycles. The number of benzene rings is 1. The van der Waals surface area contributed by atoms with Crippen LogP contribution in [-0.4, -0.2) is 30.4 Å². The highest BCUT2D eigenvalue weighted by atomic mass is 16.1. The van der Waals surface area contributed by atoms with E-state index in [1.54, 1.807) is 0 Å². The summed E-state index contributed by atoms with van der Waals surface area (Å²) >= 11 is 0. The molecule has 18 heavy (non-hydrogen) atoms. The monoisotopic (exact) mass is 244 g/mol. The van der Waals surface area contributed by atoms with E-state index in [0.29, 0.717) is 6.42 Å². The quantitative estimate of drug-likeness (QED) is 0.815. The van der Waals surface area contributed by atoms with E-state index < -0.39 is 0 Å². The summed E-state index contributed by atoms with van der Waals surface area (Å²) in [7, 11) is 0. The van der Waals surface area contributed by atoms with E-state index in [-0.39, 0.29) is 11.4 Å². The first-order valence-electron chi connectivity index (χ1n) is 6.85. The van der Waals surface area contributed by atoms with Gasteiger partial charge in [-0.05, 0) is 30.5 Å². The summed E-state index contributed by atoms with van der Waals surface area (Å²) in [5, 5.41) is 3.27. The zero-order chi connectivity index (χ0) is 12.6. The maximum Gasteiger partial charge on any atom is 0.225 e. The van der Waals surface area contributed by atoms with Crippen LogP contribution in [0.15, 0.2) is 24.3 Å². The van der Waals surface area contributed by atoms with Crippen LogP contribution in [0.4, 0.5) is 0 Å². The second-order valence-electron chi connectivity index (χ2n) is 5.40. The summed E-state index contributed by atoms with van der Waals surface area (Å²) < 4.78 is 0. The molecule has 0 aliphatic carbocycles. The van der Waals surface area contributed by atoms with Crippen molar-refractivity contribution in [2.24, 2.45) is 0 Å². The van der Waals surface area contributed by atoms with Crippen molar-refractivity contribution in [2.75, 3.05) is 19.6 Å². The van der Waals surface area contributed by atoms with E-state index in [9.17, 15) is 4.79 Å². The molecular formula is C15H20N2O. The van der Waals surface area contributed by atoms with E-state index >= 15 is 0 Å². The zero-order valence-electron chi connectivity index (χ0n) is 10.9. The fraction of sp³-hybridized carbons (Fsp3) is 0.533. The summed E-state index contributed by atoms with van der Waals surface area (Å²) in [6, 6.07) is 8.41. The Morgan fingerprint density at radius 3 is 2.72 bits per heavy atom. The minimum absolute atomic E-state index is 0.0996. The van der Waals surface area contributed by atoms with E-state index in [1.807, 2.05) is 6.07 Å². The number of likely N-dealkylation sites (tertiary alicyclic amines) is 1. The third-order valence-corrected chi connectivity index (χ3v) is 4.42. The van der Waals surface area contributed by atoms with Gasteiger partial charge in [0.1, 0.15) is 0 Å². The predicted octanol–water partition coefficient (Wildman–Crippen LogP) is 1.67. The Morgan fingerprint density at radius 2 is 2.00 bits per heavy atom. The molecule has 3 rings (SSSR count). The van der Waals surface area contributed by atoms with Gasteiger partial charge in [-0.2, -0.15) is 0 Å². The molecule has 0 radical (unpaired) electrons. The maximum absolute atomic E-state index is 11.9. The van der Waals surface area contributed by atoms with Crippen molar-refractivity contribution in [3.63, 3.8) is 0 Å². The van der Waals surface area contributed by atoms with Crippen molar-refractivity contribution in [3.8, 4) is 0 Å². The molecule has 0 unspecified atom stereocenters. The first-order valence-corrected chi connectivity index (χ1v) is 6.85. The zero-order valence-corrected chi connectivity index (χ0v) is 10.9. The number of nitrogens with zero attached hydrogens (tertiary/aromatic N) is 1. The highest BCUT2D eigenvalue weighted by Gasteiger charge is 2.41. The molecule has 0 saturated carbocycles. The van der Waals surface area contributed by atoms with Gasteiger partial charge in [0.25, 0.3) is 0 Å². The lowest BCUT2D eigenvalue weighted by Gasteiger charge is -2.45. The molecule has 2 heterocycles. The van der Waals surface area contributed by atoms with Crippen LogP contribution in [0.25, 0.3) is 0 Å². The SMILES string of the molecule is CCN1CCC2(CC1)NC(=O)Cc1ccccc12. The minimum atomic E-state index is -0.0996.